The molecular weight excluding hydrogens is 424 g/mol. The number of hydrogen-bond acceptors (Lipinski definition) is 5. The molecule has 1 heterocycles. The fourth-order valence-electron chi connectivity index (χ4n) is 3.29. The number of hydrogen-bond donors (Lipinski definition) is 2. The highest BCUT2D eigenvalue weighted by Gasteiger charge is 2.13. The lowest BCUT2D eigenvalue weighted by atomic mass is 10.2. The summed E-state index contributed by atoms with van der Waals surface area (Å²) in [6, 6.07) is 6.18. The van der Waals surface area contributed by atoms with Gasteiger partial charge in [0.25, 0.3) is 5.56 Å². The minimum Gasteiger partial charge on any atom is -0.493 e. The lowest BCUT2D eigenvalue weighted by molar-refractivity contribution is -0.121. The summed E-state index contributed by atoms with van der Waals surface area (Å²) in [5.41, 5.74) is -0.519. The van der Waals surface area contributed by atoms with Gasteiger partial charge in [-0.25, -0.2) is 13.6 Å². The molecule has 0 atom stereocenters. The van der Waals surface area contributed by atoms with Crippen molar-refractivity contribution in [1.82, 2.24) is 14.9 Å². The summed E-state index contributed by atoms with van der Waals surface area (Å²) in [5.74, 6) is -0.974. The van der Waals surface area contributed by atoms with E-state index in [4.69, 9.17) is 9.47 Å². The van der Waals surface area contributed by atoms with Gasteiger partial charge in [-0.05, 0) is 25.0 Å². The number of benzene rings is 2. The number of carbonyl (C=O) groups excluding carboxylic acids is 1. The van der Waals surface area contributed by atoms with Crippen LogP contribution < -0.4 is 26.0 Å². The fourth-order valence-corrected chi connectivity index (χ4v) is 3.29. The molecule has 0 unspecified atom stereocenters. The molecule has 0 aliphatic rings. The van der Waals surface area contributed by atoms with E-state index in [0.29, 0.717) is 29.9 Å². The number of ether oxygens (including phenoxy) is 2. The maximum absolute atomic E-state index is 13.6. The van der Waals surface area contributed by atoms with Crippen molar-refractivity contribution in [3.05, 3.63) is 68.4 Å². The van der Waals surface area contributed by atoms with Gasteiger partial charge in [-0.1, -0.05) is 6.07 Å². The quantitative estimate of drug-likeness (QED) is 0.491. The molecular formula is C22H23F2N3O5. The molecule has 1 amide bonds. The number of nitrogens with zero attached hydrogens (tertiary/aromatic N) is 1. The number of H-pyrrole nitrogens is 1. The number of aromatic nitrogens is 2. The standard InChI is InChI=1S/C22H23F2N3O5/c1-31-18-10-15-17(11-19(18)32-2)26-22(30)27(21(15)29)8-4-3-5-20(28)25-12-13-6-7-14(23)9-16(13)24/h6-7,9-11H,3-5,8,12H2,1-2H3,(H,25,28)(H,26,30). The van der Waals surface area contributed by atoms with E-state index in [2.05, 4.69) is 10.3 Å². The fraction of sp³-hybridized carbons (Fsp3) is 0.318. The third-order valence-electron chi connectivity index (χ3n) is 5.01. The van der Waals surface area contributed by atoms with Crippen LogP contribution in [0.1, 0.15) is 24.8 Å². The number of fused-ring (bicyclic) bond motifs is 1. The van der Waals surface area contributed by atoms with Gasteiger partial charge < -0.3 is 19.8 Å². The Labute approximate surface area is 181 Å². The predicted octanol–water partition coefficient (Wildman–Crippen LogP) is 2.47. The topological polar surface area (TPSA) is 102 Å². The van der Waals surface area contributed by atoms with Crippen molar-refractivity contribution in [2.75, 3.05) is 14.2 Å². The average molecular weight is 447 g/mol. The number of halogens is 2. The first kappa shape index (κ1) is 23.0. The van der Waals surface area contributed by atoms with Crippen molar-refractivity contribution in [3.8, 4) is 11.5 Å². The van der Waals surface area contributed by atoms with E-state index in [1.54, 1.807) is 0 Å². The van der Waals surface area contributed by atoms with Gasteiger partial charge in [0.1, 0.15) is 11.6 Å². The van der Waals surface area contributed by atoms with E-state index < -0.39 is 22.9 Å². The number of carbonyl (C=O) groups is 1. The Morgan fingerprint density at radius 2 is 1.78 bits per heavy atom. The Morgan fingerprint density at radius 3 is 2.47 bits per heavy atom. The zero-order valence-corrected chi connectivity index (χ0v) is 17.7. The van der Waals surface area contributed by atoms with Crippen LogP contribution in [-0.4, -0.2) is 29.7 Å². The Kier molecular flexibility index (Phi) is 7.24. The predicted molar refractivity (Wildman–Crippen MR) is 114 cm³/mol. The average Bonchev–Trinajstić information content (AvgIpc) is 2.77. The first-order chi connectivity index (χ1) is 15.3. The summed E-state index contributed by atoms with van der Waals surface area (Å²) >= 11 is 0. The first-order valence-corrected chi connectivity index (χ1v) is 9.93. The second-order valence-corrected chi connectivity index (χ2v) is 7.11. The van der Waals surface area contributed by atoms with Crippen molar-refractivity contribution >= 4 is 16.8 Å². The maximum atomic E-state index is 13.6. The van der Waals surface area contributed by atoms with E-state index in [9.17, 15) is 23.2 Å². The molecule has 0 saturated heterocycles. The summed E-state index contributed by atoms with van der Waals surface area (Å²) < 4.78 is 38.0. The van der Waals surface area contributed by atoms with Crippen molar-refractivity contribution in [2.24, 2.45) is 0 Å². The van der Waals surface area contributed by atoms with Crippen LogP contribution in [-0.2, 0) is 17.9 Å². The molecule has 170 valence electrons. The minimum atomic E-state index is -0.727. The van der Waals surface area contributed by atoms with Gasteiger partial charge in [0.05, 0.1) is 25.1 Å². The van der Waals surface area contributed by atoms with Crippen molar-refractivity contribution in [2.45, 2.75) is 32.4 Å². The highest BCUT2D eigenvalue weighted by molar-refractivity contribution is 5.81. The molecule has 3 rings (SSSR count). The van der Waals surface area contributed by atoms with Crippen LogP contribution in [0.2, 0.25) is 0 Å². The van der Waals surface area contributed by atoms with Crippen LogP contribution in [0.15, 0.2) is 39.9 Å². The first-order valence-electron chi connectivity index (χ1n) is 9.93. The molecule has 0 radical (unpaired) electrons. The van der Waals surface area contributed by atoms with Gasteiger partial charge in [0.2, 0.25) is 5.91 Å². The van der Waals surface area contributed by atoms with E-state index in [-0.39, 0.29) is 36.4 Å². The summed E-state index contributed by atoms with van der Waals surface area (Å²) in [7, 11) is 2.90. The lowest BCUT2D eigenvalue weighted by Crippen LogP contribution is -2.35. The molecule has 32 heavy (non-hydrogen) atoms. The van der Waals surface area contributed by atoms with Gasteiger partial charge in [0.15, 0.2) is 11.5 Å². The monoisotopic (exact) mass is 447 g/mol. The van der Waals surface area contributed by atoms with Crippen LogP contribution in [0.4, 0.5) is 8.78 Å². The Hall–Kier alpha value is -3.69. The zero-order chi connectivity index (χ0) is 23.3. The van der Waals surface area contributed by atoms with Gasteiger partial charge in [-0.3, -0.25) is 14.2 Å². The lowest BCUT2D eigenvalue weighted by Gasteiger charge is -2.11. The Bertz CT molecular complexity index is 1250. The van der Waals surface area contributed by atoms with Crippen LogP contribution in [0.25, 0.3) is 10.9 Å². The molecule has 8 nitrogen and oxygen atoms in total. The second kappa shape index (κ2) is 10.1. The number of nitrogens with one attached hydrogen (secondary N) is 2. The molecule has 0 spiro atoms. The molecule has 10 heteroatoms. The highest BCUT2D eigenvalue weighted by Crippen LogP contribution is 2.29. The summed E-state index contributed by atoms with van der Waals surface area (Å²) in [6.45, 7) is 0.0678. The van der Waals surface area contributed by atoms with Crippen LogP contribution in [0.5, 0.6) is 11.5 Å². The third-order valence-corrected chi connectivity index (χ3v) is 5.01. The largest absolute Gasteiger partial charge is 0.493 e. The molecule has 3 aromatic rings. The van der Waals surface area contributed by atoms with Crippen molar-refractivity contribution in [3.63, 3.8) is 0 Å². The molecule has 0 saturated carbocycles. The smallest absolute Gasteiger partial charge is 0.328 e. The van der Waals surface area contributed by atoms with Crippen molar-refractivity contribution in [1.29, 1.82) is 0 Å². The second-order valence-electron chi connectivity index (χ2n) is 7.11. The van der Waals surface area contributed by atoms with Gasteiger partial charge >= 0.3 is 5.69 Å². The van der Waals surface area contributed by atoms with E-state index in [0.717, 1.165) is 16.7 Å². The molecule has 0 aliphatic carbocycles. The number of aromatic amines is 1. The number of rotatable bonds is 9. The van der Waals surface area contributed by atoms with E-state index >= 15 is 0 Å². The van der Waals surface area contributed by atoms with Gasteiger partial charge in [0, 0.05) is 37.2 Å². The van der Waals surface area contributed by atoms with E-state index in [1.165, 1.54) is 32.4 Å². The number of amides is 1. The summed E-state index contributed by atoms with van der Waals surface area (Å²) in [4.78, 5) is 39.7. The molecule has 2 N–H and O–H groups in total. The molecule has 0 aliphatic heterocycles. The normalized spacial score (nSPS) is 10.9. The number of unbranched alkanes of at least 4 members (excludes halogenated alkanes) is 1. The zero-order valence-electron chi connectivity index (χ0n) is 17.7. The van der Waals surface area contributed by atoms with Crippen LogP contribution >= 0.6 is 0 Å². The molecule has 0 bridgehead atoms. The van der Waals surface area contributed by atoms with E-state index in [1.807, 2.05) is 0 Å². The van der Waals surface area contributed by atoms with Gasteiger partial charge in [-0.15, -0.1) is 0 Å². The SMILES string of the molecule is COc1cc2[nH]c(=O)n(CCCCC(=O)NCc3ccc(F)cc3F)c(=O)c2cc1OC. The third kappa shape index (κ3) is 5.13. The van der Waals surface area contributed by atoms with Gasteiger partial charge in [-0.2, -0.15) is 0 Å². The molecule has 0 fully saturated rings. The Morgan fingerprint density at radius 1 is 1.06 bits per heavy atom. The van der Waals surface area contributed by atoms with Crippen LogP contribution in [0, 0.1) is 11.6 Å². The molecule has 2 aromatic carbocycles. The van der Waals surface area contributed by atoms with Crippen LogP contribution in [0.3, 0.4) is 0 Å². The summed E-state index contributed by atoms with van der Waals surface area (Å²) in [6.07, 6.45) is 0.946. The summed E-state index contributed by atoms with van der Waals surface area (Å²) in [5, 5.41) is 2.84. The maximum Gasteiger partial charge on any atom is 0.328 e. The molecule has 1 aromatic heterocycles. The minimum absolute atomic E-state index is 0.0555. The number of methoxy groups -OCH3 is 2. The van der Waals surface area contributed by atoms with Crippen molar-refractivity contribution < 1.29 is 23.0 Å². The Balaban J connectivity index is 1.59. The highest BCUT2D eigenvalue weighted by atomic mass is 19.1.